The second-order valence-electron chi connectivity index (χ2n) is 5.74. The molecular weight excluding hydrogens is 367 g/mol. The van der Waals surface area contributed by atoms with Crippen LogP contribution in [-0.4, -0.2) is 15.9 Å². The Balaban J connectivity index is 1.88. The summed E-state index contributed by atoms with van der Waals surface area (Å²) in [5.74, 6) is -0.506. The molecule has 1 N–H and O–H groups in total. The van der Waals surface area contributed by atoms with Crippen molar-refractivity contribution in [3.05, 3.63) is 63.9 Å². The molecule has 26 heavy (non-hydrogen) atoms. The van der Waals surface area contributed by atoms with E-state index in [-0.39, 0.29) is 10.7 Å². The van der Waals surface area contributed by atoms with Gasteiger partial charge in [0.2, 0.25) is 0 Å². The van der Waals surface area contributed by atoms with Gasteiger partial charge in [-0.1, -0.05) is 11.6 Å². The second-order valence-corrected chi connectivity index (χ2v) is 6.15. The van der Waals surface area contributed by atoms with Gasteiger partial charge in [0.25, 0.3) is 5.91 Å². The van der Waals surface area contributed by atoms with Crippen molar-refractivity contribution in [3.8, 4) is 0 Å². The Morgan fingerprint density at radius 2 is 1.65 bits per heavy atom. The van der Waals surface area contributed by atoms with Crippen molar-refractivity contribution in [2.75, 3.05) is 5.32 Å². The van der Waals surface area contributed by atoms with Crippen LogP contribution in [0.5, 0.6) is 0 Å². The van der Waals surface area contributed by atoms with E-state index in [1.807, 2.05) is 13.8 Å². The van der Waals surface area contributed by atoms with E-state index < -0.39 is 17.6 Å². The number of fused-ring (bicyclic) bond motifs is 1. The van der Waals surface area contributed by atoms with Gasteiger partial charge in [0, 0.05) is 5.56 Å². The van der Waals surface area contributed by atoms with Crippen LogP contribution in [0.4, 0.5) is 18.9 Å². The van der Waals surface area contributed by atoms with Gasteiger partial charge in [-0.15, -0.1) is 0 Å². The average molecular weight is 380 g/mol. The first kappa shape index (κ1) is 18.1. The number of aromatic nitrogens is 2. The summed E-state index contributed by atoms with van der Waals surface area (Å²) >= 11 is 5.86. The van der Waals surface area contributed by atoms with Crippen molar-refractivity contribution in [3.63, 3.8) is 0 Å². The van der Waals surface area contributed by atoms with Gasteiger partial charge in [-0.3, -0.25) is 4.79 Å². The lowest BCUT2D eigenvalue weighted by Crippen LogP contribution is -2.13. The topological polar surface area (TPSA) is 54.9 Å². The Kier molecular flexibility index (Phi) is 4.58. The highest BCUT2D eigenvalue weighted by Crippen LogP contribution is 2.33. The smallest absolute Gasteiger partial charge is 0.321 e. The van der Waals surface area contributed by atoms with Gasteiger partial charge in [-0.2, -0.15) is 13.2 Å². The number of hydrogen-bond donors (Lipinski definition) is 1. The molecule has 8 heteroatoms. The number of anilines is 1. The zero-order valence-corrected chi connectivity index (χ0v) is 14.5. The molecule has 2 aromatic carbocycles. The van der Waals surface area contributed by atoms with Crippen LogP contribution in [0.1, 0.15) is 27.3 Å². The number of carbonyl (C=O) groups is 1. The lowest BCUT2D eigenvalue weighted by Gasteiger charge is -2.11. The highest BCUT2D eigenvalue weighted by molar-refractivity contribution is 6.34. The normalized spacial score (nSPS) is 11.6. The molecule has 0 aliphatic heterocycles. The highest BCUT2D eigenvalue weighted by Gasteiger charge is 2.31. The number of rotatable bonds is 2. The van der Waals surface area contributed by atoms with Crippen LogP contribution in [0.2, 0.25) is 5.02 Å². The number of alkyl halides is 3. The third-order valence-electron chi connectivity index (χ3n) is 3.88. The molecule has 1 heterocycles. The Labute approximate surface area is 152 Å². The van der Waals surface area contributed by atoms with Gasteiger partial charge in [-0.25, -0.2) is 9.97 Å². The number of halogens is 4. The molecule has 0 aliphatic carbocycles. The number of amides is 1. The van der Waals surface area contributed by atoms with E-state index in [4.69, 9.17) is 11.6 Å². The lowest BCUT2D eigenvalue weighted by atomic mass is 10.1. The minimum atomic E-state index is -4.50. The number of hydrogen-bond acceptors (Lipinski definition) is 3. The van der Waals surface area contributed by atoms with Crippen LogP contribution in [0, 0.1) is 13.8 Å². The summed E-state index contributed by atoms with van der Waals surface area (Å²) in [5, 5.41) is 2.32. The average Bonchev–Trinajstić information content (AvgIpc) is 2.56. The maximum Gasteiger partial charge on any atom is 0.416 e. The van der Waals surface area contributed by atoms with Crippen LogP contribution in [0.25, 0.3) is 11.0 Å². The fourth-order valence-corrected chi connectivity index (χ4v) is 2.59. The van der Waals surface area contributed by atoms with Crippen LogP contribution < -0.4 is 5.32 Å². The summed E-state index contributed by atoms with van der Waals surface area (Å²) in [6, 6.07) is 7.56. The van der Waals surface area contributed by atoms with Crippen LogP contribution in [0.3, 0.4) is 0 Å². The van der Waals surface area contributed by atoms with Crippen molar-refractivity contribution >= 4 is 34.2 Å². The van der Waals surface area contributed by atoms with E-state index >= 15 is 0 Å². The SMILES string of the molecule is Cc1nc2ccc(C(=O)Nc3ccc(C(F)(F)F)cc3Cl)cc2nc1C. The van der Waals surface area contributed by atoms with E-state index in [0.29, 0.717) is 16.6 Å². The Morgan fingerprint density at radius 1 is 1.00 bits per heavy atom. The molecule has 1 aromatic heterocycles. The molecule has 0 unspecified atom stereocenters. The summed E-state index contributed by atoms with van der Waals surface area (Å²) in [7, 11) is 0. The standard InChI is InChI=1S/C18H13ClF3N3O/c1-9-10(2)24-16-7-11(3-5-15(16)23-9)17(26)25-14-6-4-12(8-13(14)19)18(20,21)22/h3-8H,1-2H3,(H,25,26). The first-order chi connectivity index (χ1) is 12.1. The third kappa shape index (κ3) is 3.62. The summed E-state index contributed by atoms with van der Waals surface area (Å²) in [5.41, 5.74) is 2.26. The van der Waals surface area contributed by atoms with E-state index in [2.05, 4.69) is 15.3 Å². The van der Waals surface area contributed by atoms with Crippen molar-refractivity contribution in [2.45, 2.75) is 20.0 Å². The van der Waals surface area contributed by atoms with Crippen LogP contribution >= 0.6 is 11.6 Å². The fraction of sp³-hybridized carbons (Fsp3) is 0.167. The summed E-state index contributed by atoms with van der Waals surface area (Å²) < 4.78 is 38.0. The zero-order valence-electron chi connectivity index (χ0n) is 13.8. The number of nitrogens with one attached hydrogen (secondary N) is 1. The number of nitrogens with zero attached hydrogens (tertiary/aromatic N) is 2. The molecule has 3 aromatic rings. The number of carbonyl (C=O) groups excluding carboxylic acids is 1. The molecule has 0 atom stereocenters. The molecule has 0 saturated carbocycles. The molecule has 4 nitrogen and oxygen atoms in total. The molecule has 3 rings (SSSR count). The lowest BCUT2D eigenvalue weighted by molar-refractivity contribution is -0.137. The van der Waals surface area contributed by atoms with Crippen LogP contribution in [-0.2, 0) is 6.18 Å². The quantitative estimate of drug-likeness (QED) is 0.668. The second kappa shape index (κ2) is 6.57. The van der Waals surface area contributed by atoms with Gasteiger partial charge < -0.3 is 5.32 Å². The maximum atomic E-state index is 12.7. The van der Waals surface area contributed by atoms with Gasteiger partial charge in [0.1, 0.15) is 0 Å². The largest absolute Gasteiger partial charge is 0.416 e. The molecule has 0 spiro atoms. The van der Waals surface area contributed by atoms with Gasteiger partial charge in [0.05, 0.1) is 38.7 Å². The maximum absolute atomic E-state index is 12.7. The predicted octanol–water partition coefficient (Wildman–Crippen LogP) is 5.17. The minimum absolute atomic E-state index is 0.0935. The third-order valence-corrected chi connectivity index (χ3v) is 4.19. The van der Waals surface area contributed by atoms with E-state index in [9.17, 15) is 18.0 Å². The van der Waals surface area contributed by atoms with Gasteiger partial charge >= 0.3 is 6.18 Å². The molecule has 0 radical (unpaired) electrons. The van der Waals surface area contributed by atoms with E-state index in [0.717, 1.165) is 29.6 Å². The number of aryl methyl sites for hydroxylation is 2. The van der Waals surface area contributed by atoms with Crippen molar-refractivity contribution < 1.29 is 18.0 Å². The fourth-order valence-electron chi connectivity index (χ4n) is 2.36. The summed E-state index contributed by atoms with van der Waals surface area (Å²) in [6.45, 7) is 3.66. The first-order valence-corrected chi connectivity index (χ1v) is 7.96. The number of benzene rings is 2. The first-order valence-electron chi connectivity index (χ1n) is 7.58. The van der Waals surface area contributed by atoms with Gasteiger partial charge in [0.15, 0.2) is 0 Å². The minimum Gasteiger partial charge on any atom is -0.321 e. The molecular formula is C18H13ClF3N3O. The van der Waals surface area contributed by atoms with Gasteiger partial charge in [-0.05, 0) is 50.2 Å². The van der Waals surface area contributed by atoms with E-state index in [1.165, 1.54) is 0 Å². The Bertz CT molecular complexity index is 1020. The Morgan fingerprint density at radius 3 is 2.27 bits per heavy atom. The van der Waals surface area contributed by atoms with Crippen molar-refractivity contribution in [1.29, 1.82) is 0 Å². The molecule has 0 saturated heterocycles. The van der Waals surface area contributed by atoms with E-state index in [1.54, 1.807) is 18.2 Å². The Hall–Kier alpha value is -2.67. The predicted molar refractivity (Wildman–Crippen MR) is 93.4 cm³/mol. The molecule has 1 amide bonds. The van der Waals surface area contributed by atoms with Crippen molar-refractivity contribution in [1.82, 2.24) is 9.97 Å². The zero-order chi connectivity index (χ0) is 19.1. The molecule has 0 fully saturated rings. The molecule has 0 bridgehead atoms. The van der Waals surface area contributed by atoms with Crippen LogP contribution in [0.15, 0.2) is 36.4 Å². The highest BCUT2D eigenvalue weighted by atomic mass is 35.5. The molecule has 134 valence electrons. The summed E-state index contributed by atoms with van der Waals surface area (Å²) in [4.78, 5) is 21.2. The monoisotopic (exact) mass is 379 g/mol. The van der Waals surface area contributed by atoms with Crippen molar-refractivity contribution in [2.24, 2.45) is 0 Å². The molecule has 0 aliphatic rings. The summed E-state index contributed by atoms with van der Waals surface area (Å²) in [6.07, 6.45) is -4.50.